The van der Waals surface area contributed by atoms with E-state index in [-0.39, 0.29) is 0 Å². The van der Waals surface area contributed by atoms with Crippen molar-refractivity contribution in [1.29, 1.82) is 0 Å². The van der Waals surface area contributed by atoms with Crippen LogP contribution in [0.1, 0.15) is 36.0 Å². The number of rotatable bonds is 10. The first-order valence-electron chi connectivity index (χ1n) is 12.2. The lowest BCUT2D eigenvalue weighted by atomic mass is 9.95. The first-order valence-corrected chi connectivity index (χ1v) is 12.2. The van der Waals surface area contributed by atoms with Crippen LogP contribution in [0.3, 0.4) is 0 Å². The molecule has 0 radical (unpaired) electrons. The van der Waals surface area contributed by atoms with Crippen molar-refractivity contribution in [2.24, 2.45) is 5.16 Å². The quantitative estimate of drug-likeness (QED) is 0.251. The first kappa shape index (κ1) is 23.1. The van der Waals surface area contributed by atoms with Gasteiger partial charge in [-0.25, -0.2) is 0 Å². The topological polar surface area (TPSA) is 39.1 Å². The molecule has 3 aromatic rings. The molecule has 1 aliphatic heterocycles. The van der Waals surface area contributed by atoms with Crippen molar-refractivity contribution in [1.82, 2.24) is 4.90 Å². The average Bonchev–Trinajstić information content (AvgIpc) is 2.89. The molecule has 4 heteroatoms. The molecule has 3 aromatic carbocycles. The maximum Gasteiger partial charge on any atom is 0.0870 e. The van der Waals surface area contributed by atoms with Crippen molar-refractivity contribution < 1.29 is 5.21 Å². The van der Waals surface area contributed by atoms with Crippen LogP contribution in [0.15, 0.2) is 90.1 Å². The maximum atomic E-state index is 9.72. The number of nitrogens with zero attached hydrogens (tertiary/aromatic N) is 3. The molecular weight excluding hydrogens is 406 g/mol. The Balaban J connectivity index is 1.25. The van der Waals surface area contributed by atoms with Gasteiger partial charge in [0, 0.05) is 37.4 Å². The summed E-state index contributed by atoms with van der Waals surface area (Å²) in [4.78, 5) is 5.05. The number of anilines is 1. The van der Waals surface area contributed by atoms with Crippen molar-refractivity contribution in [3.8, 4) is 0 Å². The van der Waals surface area contributed by atoms with E-state index in [1.165, 1.54) is 16.8 Å². The smallest absolute Gasteiger partial charge is 0.0870 e. The predicted octanol–water partition coefficient (Wildman–Crippen LogP) is 5.64. The highest BCUT2D eigenvalue weighted by molar-refractivity contribution is 6.01. The second-order valence-electron chi connectivity index (χ2n) is 8.81. The van der Waals surface area contributed by atoms with Gasteiger partial charge in [-0.1, -0.05) is 78.0 Å². The van der Waals surface area contributed by atoms with Crippen LogP contribution in [0.2, 0.25) is 0 Å². The largest absolute Gasteiger partial charge is 0.411 e. The van der Waals surface area contributed by atoms with E-state index in [0.717, 1.165) is 76.1 Å². The lowest BCUT2D eigenvalue weighted by molar-refractivity contribution is 0.255. The monoisotopic (exact) mass is 441 g/mol. The summed E-state index contributed by atoms with van der Waals surface area (Å²) < 4.78 is 0. The summed E-state index contributed by atoms with van der Waals surface area (Å²) in [6.07, 6.45) is 4.88. The molecule has 4 rings (SSSR count). The van der Waals surface area contributed by atoms with Crippen LogP contribution in [-0.4, -0.2) is 48.5 Å². The number of piperazine rings is 1. The van der Waals surface area contributed by atoms with Crippen molar-refractivity contribution in [2.75, 3.05) is 37.6 Å². The minimum Gasteiger partial charge on any atom is -0.411 e. The van der Waals surface area contributed by atoms with Gasteiger partial charge in [0.2, 0.25) is 0 Å². The third-order valence-corrected chi connectivity index (χ3v) is 6.58. The number of para-hydroxylation sites is 1. The van der Waals surface area contributed by atoms with E-state index in [2.05, 4.69) is 87.8 Å². The molecule has 1 N–H and O–H groups in total. The summed E-state index contributed by atoms with van der Waals surface area (Å²) in [5.41, 5.74) is 5.84. The molecule has 1 fully saturated rings. The Morgan fingerprint density at radius 1 is 0.727 bits per heavy atom. The molecule has 0 atom stereocenters. The third-order valence-electron chi connectivity index (χ3n) is 6.58. The Kier molecular flexibility index (Phi) is 8.54. The van der Waals surface area contributed by atoms with Crippen molar-refractivity contribution in [2.45, 2.75) is 32.1 Å². The fourth-order valence-corrected chi connectivity index (χ4v) is 4.72. The van der Waals surface area contributed by atoms with Crippen molar-refractivity contribution >= 4 is 11.4 Å². The minimum absolute atomic E-state index is 0.782. The summed E-state index contributed by atoms with van der Waals surface area (Å²) in [6, 6.07) is 29.6. The zero-order valence-electron chi connectivity index (χ0n) is 19.4. The fraction of sp³-hybridized carbons (Fsp3) is 0.345. The lowest BCUT2D eigenvalue weighted by Gasteiger charge is -2.36. The summed E-state index contributed by atoms with van der Waals surface area (Å²) in [5.74, 6) is 0. The van der Waals surface area contributed by atoms with Crippen LogP contribution in [-0.2, 0) is 12.8 Å². The zero-order valence-corrected chi connectivity index (χ0v) is 19.4. The molecule has 1 saturated heterocycles. The third kappa shape index (κ3) is 6.69. The van der Waals surface area contributed by atoms with E-state index in [9.17, 15) is 5.21 Å². The molecule has 0 aliphatic carbocycles. The molecule has 0 saturated carbocycles. The normalized spacial score (nSPS) is 15.0. The van der Waals surface area contributed by atoms with Crippen molar-refractivity contribution in [3.63, 3.8) is 0 Å². The van der Waals surface area contributed by atoms with Gasteiger partial charge in [-0.05, 0) is 61.9 Å². The second kappa shape index (κ2) is 12.2. The van der Waals surface area contributed by atoms with Crippen LogP contribution in [0.4, 0.5) is 5.69 Å². The number of hydrogen-bond donors (Lipinski definition) is 1. The highest BCUT2D eigenvalue weighted by Gasteiger charge is 2.17. The van der Waals surface area contributed by atoms with Crippen LogP contribution in [0.25, 0.3) is 0 Å². The maximum absolute atomic E-state index is 9.72. The Hall–Kier alpha value is -3.11. The fourth-order valence-electron chi connectivity index (χ4n) is 4.72. The molecular formula is C29H35N3O. The molecule has 0 aromatic heterocycles. The van der Waals surface area contributed by atoms with Gasteiger partial charge in [0.1, 0.15) is 0 Å². The van der Waals surface area contributed by atoms with Crippen LogP contribution in [0, 0.1) is 0 Å². The first-order chi connectivity index (χ1) is 16.3. The molecule has 1 heterocycles. The lowest BCUT2D eigenvalue weighted by Crippen LogP contribution is -2.46. The Morgan fingerprint density at radius 3 is 2.12 bits per heavy atom. The Labute approximate surface area is 198 Å². The van der Waals surface area contributed by atoms with E-state index in [1.54, 1.807) is 0 Å². The standard InChI is InChI=1S/C29H35N3O/c33-30-29(19-9-13-25-11-3-1-4-12-25)28-18-8-7-14-26(28)15-10-20-31-21-23-32(24-22-31)27-16-5-2-6-17-27/h1-8,11-12,14,16-18,33H,9-10,13,15,19-24H2. The van der Waals surface area contributed by atoms with Crippen LogP contribution in [0.5, 0.6) is 0 Å². The average molecular weight is 442 g/mol. The minimum atomic E-state index is 0.782. The summed E-state index contributed by atoms with van der Waals surface area (Å²) in [5, 5.41) is 13.4. The molecule has 172 valence electrons. The van der Waals surface area contributed by atoms with Gasteiger partial charge in [-0.2, -0.15) is 0 Å². The Bertz CT molecular complexity index is 996. The molecule has 0 unspecified atom stereocenters. The van der Waals surface area contributed by atoms with Crippen LogP contribution >= 0.6 is 0 Å². The van der Waals surface area contributed by atoms with Gasteiger partial charge in [-0.3, -0.25) is 4.90 Å². The van der Waals surface area contributed by atoms with E-state index >= 15 is 0 Å². The zero-order chi connectivity index (χ0) is 22.7. The van der Waals surface area contributed by atoms with Gasteiger partial charge in [0.15, 0.2) is 0 Å². The molecule has 33 heavy (non-hydrogen) atoms. The summed E-state index contributed by atoms with van der Waals surface area (Å²) in [7, 11) is 0. The van der Waals surface area contributed by atoms with E-state index in [1.807, 2.05) is 12.1 Å². The van der Waals surface area contributed by atoms with E-state index < -0.39 is 0 Å². The number of benzene rings is 3. The molecule has 4 nitrogen and oxygen atoms in total. The number of aryl methyl sites for hydroxylation is 2. The van der Waals surface area contributed by atoms with Gasteiger partial charge >= 0.3 is 0 Å². The van der Waals surface area contributed by atoms with E-state index in [0.29, 0.717) is 0 Å². The predicted molar refractivity (Wildman–Crippen MR) is 138 cm³/mol. The van der Waals surface area contributed by atoms with Crippen molar-refractivity contribution in [3.05, 3.63) is 102 Å². The summed E-state index contributed by atoms with van der Waals surface area (Å²) >= 11 is 0. The second-order valence-corrected chi connectivity index (χ2v) is 8.81. The molecule has 0 bridgehead atoms. The number of hydrogen-bond acceptors (Lipinski definition) is 4. The molecule has 0 spiro atoms. The molecule has 0 amide bonds. The van der Waals surface area contributed by atoms with Gasteiger partial charge < -0.3 is 10.1 Å². The van der Waals surface area contributed by atoms with Crippen LogP contribution < -0.4 is 4.90 Å². The van der Waals surface area contributed by atoms with Gasteiger partial charge in [0.25, 0.3) is 0 Å². The molecule has 1 aliphatic rings. The van der Waals surface area contributed by atoms with E-state index in [4.69, 9.17) is 0 Å². The number of oxime groups is 1. The van der Waals surface area contributed by atoms with Gasteiger partial charge in [-0.15, -0.1) is 0 Å². The SMILES string of the molecule is ON=C(CCCc1ccccc1)c1ccccc1CCCN1CCN(c2ccccc2)CC1. The Morgan fingerprint density at radius 2 is 1.39 bits per heavy atom. The van der Waals surface area contributed by atoms with Gasteiger partial charge in [0.05, 0.1) is 5.71 Å². The highest BCUT2D eigenvalue weighted by atomic mass is 16.4. The summed E-state index contributed by atoms with van der Waals surface area (Å²) in [6.45, 7) is 5.50. The highest BCUT2D eigenvalue weighted by Crippen LogP contribution is 2.18.